The van der Waals surface area contributed by atoms with Gasteiger partial charge in [0.1, 0.15) is 18.2 Å². The minimum atomic E-state index is -4.54. The second-order valence-corrected chi connectivity index (χ2v) is 8.43. The average molecular weight is 476 g/mol. The second kappa shape index (κ2) is 9.17. The number of nitrogens with two attached hydrogens (primary N) is 2. The van der Waals surface area contributed by atoms with Crippen LogP contribution in [0.3, 0.4) is 0 Å². The topological polar surface area (TPSA) is 106 Å². The van der Waals surface area contributed by atoms with Crippen LogP contribution in [0.4, 0.5) is 24.7 Å². The van der Waals surface area contributed by atoms with Crippen molar-refractivity contribution in [2.24, 2.45) is 0 Å². The molecule has 0 spiro atoms. The zero-order valence-electron chi connectivity index (χ0n) is 19.2. The van der Waals surface area contributed by atoms with E-state index in [4.69, 9.17) is 25.7 Å². The van der Waals surface area contributed by atoms with Gasteiger partial charge in [-0.05, 0) is 43.5 Å². The summed E-state index contributed by atoms with van der Waals surface area (Å²) in [7, 11) is 1.49. The largest absolute Gasteiger partial charge is 0.493 e. The highest BCUT2D eigenvalue weighted by molar-refractivity contribution is 5.95. The van der Waals surface area contributed by atoms with Crippen molar-refractivity contribution in [2.75, 3.05) is 31.8 Å². The van der Waals surface area contributed by atoms with Crippen molar-refractivity contribution in [3.05, 3.63) is 46.8 Å². The summed E-state index contributed by atoms with van der Waals surface area (Å²) in [6.45, 7) is 4.40. The van der Waals surface area contributed by atoms with Crippen LogP contribution in [-0.2, 0) is 10.9 Å². The number of hydrogen-bond donors (Lipinski definition) is 2. The van der Waals surface area contributed by atoms with Crippen LogP contribution in [0.5, 0.6) is 11.5 Å². The lowest BCUT2D eigenvalue weighted by molar-refractivity contribution is -0.137. The van der Waals surface area contributed by atoms with Crippen molar-refractivity contribution in [2.45, 2.75) is 44.9 Å². The van der Waals surface area contributed by atoms with E-state index in [0.717, 1.165) is 25.0 Å². The van der Waals surface area contributed by atoms with Crippen LogP contribution < -0.4 is 20.9 Å². The number of aromatic nitrogens is 2. The maximum absolute atomic E-state index is 13.5. The standard InChI is InChI=1S/C24H27F3N4O3/c1-12(14-7-15(24(25,26)27)9-16(28)8-14)20-21-18(30-13(2)31-23(21)29)10-19(32-3)22(20)34-11-17-5-4-6-33-17/h7-10,12,17H,4-6,11,28H2,1-3H3,(H2,29,30,31)/t12-,17?/m1/s1. The molecule has 1 aliphatic rings. The molecule has 3 aromatic rings. The van der Waals surface area contributed by atoms with Crippen LogP contribution in [0.2, 0.25) is 0 Å². The summed E-state index contributed by atoms with van der Waals surface area (Å²) in [6, 6.07) is 5.21. The lowest BCUT2D eigenvalue weighted by Crippen LogP contribution is -2.18. The molecule has 1 fully saturated rings. The van der Waals surface area contributed by atoms with Gasteiger partial charge in [-0.1, -0.05) is 6.92 Å². The first-order valence-corrected chi connectivity index (χ1v) is 10.9. The Labute approximate surface area is 195 Å². The summed E-state index contributed by atoms with van der Waals surface area (Å²) >= 11 is 0. The summed E-state index contributed by atoms with van der Waals surface area (Å²) in [5.74, 6) is 0.823. The van der Waals surface area contributed by atoms with Gasteiger partial charge in [-0.2, -0.15) is 13.2 Å². The summed E-state index contributed by atoms with van der Waals surface area (Å²) in [4.78, 5) is 8.77. The molecule has 2 aromatic carbocycles. The Kier molecular flexibility index (Phi) is 6.44. The number of nitrogen functional groups attached to an aromatic ring is 2. The smallest absolute Gasteiger partial charge is 0.416 e. The number of fused-ring (bicyclic) bond motifs is 1. The third kappa shape index (κ3) is 4.68. The molecule has 1 aromatic heterocycles. The first kappa shape index (κ1) is 23.9. The van der Waals surface area contributed by atoms with Crippen molar-refractivity contribution in [1.82, 2.24) is 9.97 Å². The average Bonchev–Trinajstić information content (AvgIpc) is 3.28. The van der Waals surface area contributed by atoms with Gasteiger partial charge in [-0.3, -0.25) is 0 Å². The second-order valence-electron chi connectivity index (χ2n) is 8.43. The van der Waals surface area contributed by atoms with Crippen LogP contribution >= 0.6 is 0 Å². The number of aryl methyl sites for hydroxylation is 1. The molecule has 0 radical (unpaired) electrons. The first-order valence-electron chi connectivity index (χ1n) is 10.9. The molecule has 1 unspecified atom stereocenters. The van der Waals surface area contributed by atoms with Gasteiger partial charge >= 0.3 is 6.18 Å². The number of methoxy groups -OCH3 is 1. The van der Waals surface area contributed by atoms with E-state index in [1.807, 2.05) is 0 Å². The minimum Gasteiger partial charge on any atom is -0.493 e. The molecule has 1 aliphatic heterocycles. The highest BCUT2D eigenvalue weighted by Gasteiger charge is 2.33. The quantitative estimate of drug-likeness (QED) is 0.491. The molecule has 0 amide bonds. The lowest BCUT2D eigenvalue weighted by Gasteiger charge is -2.24. The summed E-state index contributed by atoms with van der Waals surface area (Å²) in [5.41, 5.74) is 12.7. The Morgan fingerprint density at radius 2 is 1.94 bits per heavy atom. The number of nitrogens with zero attached hydrogens (tertiary/aromatic N) is 2. The fourth-order valence-electron chi connectivity index (χ4n) is 4.36. The van der Waals surface area contributed by atoms with Crippen molar-refractivity contribution >= 4 is 22.4 Å². The van der Waals surface area contributed by atoms with Gasteiger partial charge in [0.2, 0.25) is 0 Å². The van der Waals surface area contributed by atoms with Crippen LogP contribution in [0, 0.1) is 6.92 Å². The summed E-state index contributed by atoms with van der Waals surface area (Å²) < 4.78 is 58.0. The fraction of sp³-hybridized carbons (Fsp3) is 0.417. The number of benzene rings is 2. The van der Waals surface area contributed by atoms with Crippen molar-refractivity contribution < 1.29 is 27.4 Å². The van der Waals surface area contributed by atoms with E-state index < -0.39 is 17.7 Å². The van der Waals surface area contributed by atoms with Crippen molar-refractivity contribution in [1.29, 1.82) is 0 Å². The van der Waals surface area contributed by atoms with Gasteiger partial charge in [0.25, 0.3) is 0 Å². The van der Waals surface area contributed by atoms with E-state index in [1.54, 1.807) is 19.9 Å². The lowest BCUT2D eigenvalue weighted by atomic mass is 9.88. The Morgan fingerprint density at radius 3 is 2.59 bits per heavy atom. The number of anilines is 2. The van der Waals surface area contributed by atoms with Crippen molar-refractivity contribution in [3.8, 4) is 11.5 Å². The third-order valence-corrected chi connectivity index (χ3v) is 5.98. The highest BCUT2D eigenvalue weighted by atomic mass is 19.4. The van der Waals surface area contributed by atoms with Gasteiger partial charge < -0.3 is 25.7 Å². The molecule has 34 heavy (non-hydrogen) atoms. The Hall–Kier alpha value is -3.27. The molecule has 10 heteroatoms. The van der Waals surface area contributed by atoms with Crippen LogP contribution in [0.15, 0.2) is 24.3 Å². The van der Waals surface area contributed by atoms with Gasteiger partial charge in [-0.25, -0.2) is 9.97 Å². The molecule has 4 rings (SSSR count). The molecule has 0 saturated carbocycles. The predicted molar refractivity (Wildman–Crippen MR) is 123 cm³/mol. The van der Waals surface area contributed by atoms with Crippen molar-refractivity contribution in [3.63, 3.8) is 0 Å². The van der Waals surface area contributed by atoms with E-state index in [9.17, 15) is 13.2 Å². The highest BCUT2D eigenvalue weighted by Crippen LogP contribution is 2.46. The first-order chi connectivity index (χ1) is 16.1. The molecule has 2 heterocycles. The predicted octanol–water partition coefficient (Wildman–Crippen LogP) is 4.84. The van der Waals surface area contributed by atoms with Gasteiger partial charge in [0, 0.05) is 29.8 Å². The SMILES string of the molecule is COc1cc2nc(C)nc(N)c2c([C@H](C)c2cc(N)cc(C(F)(F)F)c2)c1OCC1CCCO1. The Bertz CT molecular complexity index is 1210. The molecule has 7 nitrogen and oxygen atoms in total. The maximum atomic E-state index is 13.5. The third-order valence-electron chi connectivity index (χ3n) is 5.98. The molecule has 0 aliphatic carbocycles. The monoisotopic (exact) mass is 476 g/mol. The van der Waals surface area contributed by atoms with E-state index in [0.29, 0.717) is 46.0 Å². The normalized spacial score (nSPS) is 17.2. The number of alkyl halides is 3. The number of halogens is 3. The van der Waals surface area contributed by atoms with Crippen LogP contribution in [0.25, 0.3) is 10.9 Å². The molecule has 1 saturated heterocycles. The van der Waals surface area contributed by atoms with Crippen LogP contribution in [0.1, 0.15) is 48.2 Å². The fourth-order valence-corrected chi connectivity index (χ4v) is 4.36. The number of rotatable bonds is 6. The molecule has 182 valence electrons. The number of hydrogen-bond acceptors (Lipinski definition) is 7. The Balaban J connectivity index is 1.93. The van der Waals surface area contributed by atoms with E-state index in [2.05, 4.69) is 9.97 Å². The molecular weight excluding hydrogens is 449 g/mol. The van der Waals surface area contributed by atoms with E-state index in [1.165, 1.54) is 13.2 Å². The van der Waals surface area contributed by atoms with Gasteiger partial charge in [0.05, 0.1) is 29.7 Å². The summed E-state index contributed by atoms with van der Waals surface area (Å²) in [5, 5.41) is 0.497. The molecule has 4 N–H and O–H groups in total. The van der Waals surface area contributed by atoms with E-state index >= 15 is 0 Å². The van der Waals surface area contributed by atoms with E-state index in [-0.39, 0.29) is 24.2 Å². The van der Waals surface area contributed by atoms with Gasteiger partial charge in [0.15, 0.2) is 11.5 Å². The van der Waals surface area contributed by atoms with Gasteiger partial charge in [-0.15, -0.1) is 0 Å². The molecule has 2 atom stereocenters. The zero-order valence-corrected chi connectivity index (χ0v) is 19.2. The maximum Gasteiger partial charge on any atom is 0.416 e. The summed E-state index contributed by atoms with van der Waals surface area (Å²) in [6.07, 6.45) is -2.83. The zero-order chi connectivity index (χ0) is 24.6. The Morgan fingerprint density at radius 1 is 1.18 bits per heavy atom. The molecular formula is C24H27F3N4O3. The number of ether oxygens (including phenoxy) is 3. The molecule has 0 bridgehead atoms. The minimum absolute atomic E-state index is 0.00534. The van der Waals surface area contributed by atoms with Crippen LogP contribution in [-0.4, -0.2) is 36.4 Å².